The first-order chi connectivity index (χ1) is 9.13. The molecule has 3 N–H and O–H groups in total. The number of nitrogens with one attached hydrogen (secondary N) is 2. The molecule has 0 saturated heterocycles. The minimum Gasteiger partial charge on any atom is -0.478 e. The molecule has 0 aliphatic carbocycles. The maximum atomic E-state index is 11.9. The molecular formula is C13H16N2O4. The van der Waals surface area contributed by atoms with Crippen LogP contribution in [0.1, 0.15) is 23.2 Å². The normalized spacial score (nSPS) is 17.3. The average Bonchev–Trinajstić information content (AvgIpc) is 2.38. The number of methoxy groups -OCH3 is 1. The van der Waals surface area contributed by atoms with Gasteiger partial charge in [-0.25, -0.2) is 4.79 Å². The van der Waals surface area contributed by atoms with Crippen LogP contribution >= 0.6 is 0 Å². The van der Waals surface area contributed by atoms with Crippen LogP contribution in [-0.4, -0.2) is 36.7 Å². The van der Waals surface area contributed by atoms with Crippen LogP contribution in [0.25, 0.3) is 0 Å². The van der Waals surface area contributed by atoms with Crippen molar-refractivity contribution in [2.45, 2.75) is 18.9 Å². The van der Waals surface area contributed by atoms with Gasteiger partial charge in [0.05, 0.1) is 16.9 Å². The van der Waals surface area contributed by atoms with Crippen LogP contribution in [0.3, 0.4) is 0 Å². The van der Waals surface area contributed by atoms with Crippen molar-refractivity contribution >= 4 is 23.3 Å². The summed E-state index contributed by atoms with van der Waals surface area (Å²) in [6.07, 6.45) is 1.32. The summed E-state index contributed by atoms with van der Waals surface area (Å²) in [5.74, 6) is -1.16. The van der Waals surface area contributed by atoms with Gasteiger partial charge in [-0.05, 0) is 25.0 Å². The summed E-state index contributed by atoms with van der Waals surface area (Å²) < 4.78 is 4.95. The maximum absolute atomic E-state index is 11.9. The monoisotopic (exact) mass is 264 g/mol. The van der Waals surface area contributed by atoms with E-state index in [0.29, 0.717) is 24.4 Å². The number of carbonyl (C=O) groups is 2. The Kier molecular flexibility index (Phi) is 4.01. The van der Waals surface area contributed by atoms with E-state index in [1.807, 2.05) is 0 Å². The van der Waals surface area contributed by atoms with Crippen molar-refractivity contribution in [1.29, 1.82) is 0 Å². The molecule has 0 spiro atoms. The summed E-state index contributed by atoms with van der Waals surface area (Å²) in [4.78, 5) is 23.0. The van der Waals surface area contributed by atoms with Crippen LogP contribution in [0.2, 0.25) is 0 Å². The van der Waals surface area contributed by atoms with Crippen LogP contribution in [0, 0.1) is 0 Å². The molecule has 1 heterocycles. The highest BCUT2D eigenvalue weighted by Crippen LogP contribution is 2.31. The van der Waals surface area contributed by atoms with Gasteiger partial charge in [0.2, 0.25) is 5.91 Å². The number of hydrogen-bond acceptors (Lipinski definition) is 4. The maximum Gasteiger partial charge on any atom is 0.337 e. The largest absolute Gasteiger partial charge is 0.478 e. The van der Waals surface area contributed by atoms with Gasteiger partial charge in [0.1, 0.15) is 6.04 Å². The zero-order chi connectivity index (χ0) is 13.8. The lowest BCUT2D eigenvalue weighted by atomic mass is 10.0. The second kappa shape index (κ2) is 5.71. The first-order valence-electron chi connectivity index (χ1n) is 6.06. The molecule has 2 rings (SSSR count). The quantitative estimate of drug-likeness (QED) is 0.702. The highest BCUT2D eigenvalue weighted by atomic mass is 16.5. The Balaban J connectivity index is 2.20. The highest BCUT2D eigenvalue weighted by Gasteiger charge is 2.27. The number of fused-ring (bicyclic) bond motifs is 1. The number of anilines is 2. The van der Waals surface area contributed by atoms with E-state index >= 15 is 0 Å². The SMILES string of the molecule is COCCCC1Nc2c(cccc2C(=O)O)NC1=O. The molecule has 1 aliphatic heterocycles. The lowest BCUT2D eigenvalue weighted by molar-refractivity contribution is -0.117. The Labute approximate surface area is 110 Å². The molecule has 6 nitrogen and oxygen atoms in total. The Morgan fingerprint density at radius 3 is 2.95 bits per heavy atom. The second-order valence-corrected chi connectivity index (χ2v) is 4.35. The van der Waals surface area contributed by atoms with Crippen molar-refractivity contribution in [3.05, 3.63) is 23.8 Å². The van der Waals surface area contributed by atoms with E-state index in [9.17, 15) is 9.59 Å². The fourth-order valence-electron chi connectivity index (χ4n) is 2.08. The molecule has 1 aliphatic rings. The summed E-state index contributed by atoms with van der Waals surface area (Å²) in [6.45, 7) is 0.568. The molecule has 1 aromatic carbocycles. The molecule has 6 heteroatoms. The van der Waals surface area contributed by atoms with Crippen molar-refractivity contribution in [3.8, 4) is 0 Å². The Bertz CT molecular complexity index is 501. The Morgan fingerprint density at radius 1 is 1.47 bits per heavy atom. The zero-order valence-corrected chi connectivity index (χ0v) is 10.6. The Morgan fingerprint density at radius 2 is 2.26 bits per heavy atom. The fourth-order valence-corrected chi connectivity index (χ4v) is 2.08. The van der Waals surface area contributed by atoms with Crippen LogP contribution in [0.4, 0.5) is 11.4 Å². The molecule has 1 aromatic rings. The number of aromatic carboxylic acids is 1. The number of benzene rings is 1. The lowest BCUT2D eigenvalue weighted by Gasteiger charge is -2.27. The van der Waals surface area contributed by atoms with Crippen LogP contribution in [0.15, 0.2) is 18.2 Å². The smallest absolute Gasteiger partial charge is 0.337 e. The summed E-state index contributed by atoms with van der Waals surface area (Å²) in [6, 6.07) is 4.37. The first-order valence-corrected chi connectivity index (χ1v) is 6.06. The molecule has 1 unspecified atom stereocenters. The van der Waals surface area contributed by atoms with Gasteiger partial charge in [0.15, 0.2) is 0 Å². The number of rotatable bonds is 5. The predicted octanol–water partition coefficient (Wildman–Crippen LogP) is 1.54. The minimum atomic E-state index is -1.02. The number of amides is 1. The van der Waals surface area contributed by atoms with Crippen LogP contribution in [-0.2, 0) is 9.53 Å². The zero-order valence-electron chi connectivity index (χ0n) is 10.6. The van der Waals surface area contributed by atoms with Gasteiger partial charge in [-0.1, -0.05) is 6.07 Å². The van der Waals surface area contributed by atoms with E-state index in [1.165, 1.54) is 6.07 Å². The number of carboxylic acids is 1. The number of ether oxygens (including phenoxy) is 1. The van der Waals surface area contributed by atoms with E-state index in [-0.39, 0.29) is 11.5 Å². The molecule has 0 aromatic heterocycles. The van der Waals surface area contributed by atoms with Gasteiger partial charge in [0, 0.05) is 13.7 Å². The number of carbonyl (C=O) groups excluding carboxylic acids is 1. The minimum absolute atomic E-state index is 0.147. The van der Waals surface area contributed by atoms with Gasteiger partial charge in [-0.3, -0.25) is 4.79 Å². The topological polar surface area (TPSA) is 87.7 Å². The highest BCUT2D eigenvalue weighted by molar-refractivity contribution is 6.08. The summed E-state index contributed by atoms with van der Waals surface area (Å²) in [5, 5.41) is 14.9. The van der Waals surface area contributed by atoms with E-state index in [2.05, 4.69) is 10.6 Å². The molecule has 102 valence electrons. The summed E-state index contributed by atoms with van der Waals surface area (Å²) in [7, 11) is 1.60. The van der Waals surface area contributed by atoms with Crippen molar-refractivity contribution in [2.75, 3.05) is 24.4 Å². The molecule has 1 atom stereocenters. The van der Waals surface area contributed by atoms with Crippen molar-refractivity contribution < 1.29 is 19.4 Å². The third-order valence-electron chi connectivity index (χ3n) is 3.03. The third kappa shape index (κ3) is 2.85. The second-order valence-electron chi connectivity index (χ2n) is 4.35. The molecular weight excluding hydrogens is 248 g/mol. The molecule has 0 radical (unpaired) electrons. The lowest BCUT2D eigenvalue weighted by Crippen LogP contribution is -2.39. The molecule has 0 fully saturated rings. The molecule has 0 bridgehead atoms. The number of para-hydroxylation sites is 1. The summed E-state index contributed by atoms with van der Waals surface area (Å²) in [5.41, 5.74) is 1.14. The third-order valence-corrected chi connectivity index (χ3v) is 3.03. The van der Waals surface area contributed by atoms with Gasteiger partial charge < -0.3 is 20.5 Å². The molecule has 1 amide bonds. The predicted molar refractivity (Wildman–Crippen MR) is 70.6 cm³/mol. The van der Waals surface area contributed by atoms with Gasteiger partial charge in [-0.15, -0.1) is 0 Å². The summed E-state index contributed by atoms with van der Waals surface area (Å²) >= 11 is 0. The van der Waals surface area contributed by atoms with E-state index in [4.69, 9.17) is 9.84 Å². The van der Waals surface area contributed by atoms with Gasteiger partial charge in [-0.2, -0.15) is 0 Å². The van der Waals surface area contributed by atoms with Crippen LogP contribution in [0.5, 0.6) is 0 Å². The number of hydrogen-bond donors (Lipinski definition) is 3. The number of carboxylic acid groups (broad SMARTS) is 1. The molecule has 0 saturated carbocycles. The van der Waals surface area contributed by atoms with Gasteiger partial charge in [0.25, 0.3) is 0 Å². The standard InChI is InChI=1S/C13H16N2O4/c1-19-7-3-6-10-12(16)15-9-5-2-4-8(13(17)18)11(9)14-10/h2,4-5,10,14H,3,6-7H2,1H3,(H,15,16)(H,17,18). The van der Waals surface area contributed by atoms with Crippen LogP contribution < -0.4 is 10.6 Å². The van der Waals surface area contributed by atoms with Crippen molar-refractivity contribution in [2.24, 2.45) is 0 Å². The van der Waals surface area contributed by atoms with Crippen molar-refractivity contribution in [1.82, 2.24) is 0 Å². The van der Waals surface area contributed by atoms with E-state index in [0.717, 1.165) is 6.42 Å². The average molecular weight is 264 g/mol. The molecule has 19 heavy (non-hydrogen) atoms. The van der Waals surface area contributed by atoms with E-state index in [1.54, 1.807) is 19.2 Å². The van der Waals surface area contributed by atoms with Gasteiger partial charge >= 0.3 is 5.97 Å². The fraction of sp³-hybridized carbons (Fsp3) is 0.385. The van der Waals surface area contributed by atoms with E-state index < -0.39 is 12.0 Å². The van der Waals surface area contributed by atoms with Crippen molar-refractivity contribution in [3.63, 3.8) is 0 Å². The Hall–Kier alpha value is -2.08. The first kappa shape index (κ1) is 13.4.